The lowest BCUT2D eigenvalue weighted by atomic mass is 10.2. The number of fused-ring (bicyclic) bond motifs is 1. The van der Waals surface area contributed by atoms with Gasteiger partial charge in [0.1, 0.15) is 5.82 Å². The Morgan fingerprint density at radius 3 is 3.08 bits per heavy atom. The number of imidazole rings is 1. The maximum Gasteiger partial charge on any atom is 0.317 e. The molecule has 8 heteroatoms. The second kappa shape index (κ2) is 7.57. The Morgan fingerprint density at radius 1 is 1.48 bits per heavy atom. The number of urea groups is 1. The summed E-state index contributed by atoms with van der Waals surface area (Å²) < 4.78 is 1.85. The van der Waals surface area contributed by atoms with Gasteiger partial charge in [-0.05, 0) is 37.6 Å². The van der Waals surface area contributed by atoms with Crippen LogP contribution in [0.3, 0.4) is 0 Å². The molecule has 2 heterocycles. The number of hydrogen-bond donors (Lipinski definition) is 2. The Morgan fingerprint density at radius 2 is 2.32 bits per heavy atom. The third kappa shape index (κ3) is 4.51. The van der Waals surface area contributed by atoms with Crippen molar-refractivity contribution < 1.29 is 4.79 Å². The van der Waals surface area contributed by atoms with Gasteiger partial charge in [-0.25, -0.2) is 9.78 Å². The van der Waals surface area contributed by atoms with Crippen LogP contribution in [0.15, 0.2) is 36.7 Å². The number of rotatable bonds is 6. The highest BCUT2D eigenvalue weighted by molar-refractivity contribution is 6.31. The molecule has 0 unspecified atom stereocenters. The SMILES string of the molecule is C[C@H](CCn1cccn1)NC(=O)N(C)Cc1nc2ccc(Cl)cc2[nH]1. The number of hydrogen-bond acceptors (Lipinski definition) is 3. The molecule has 0 spiro atoms. The van der Waals surface area contributed by atoms with Crippen LogP contribution in [0.1, 0.15) is 19.2 Å². The fourth-order valence-electron chi connectivity index (χ4n) is 2.56. The lowest BCUT2D eigenvalue weighted by Gasteiger charge is -2.20. The third-order valence-corrected chi connectivity index (χ3v) is 4.18. The summed E-state index contributed by atoms with van der Waals surface area (Å²) in [6.45, 7) is 3.14. The highest BCUT2D eigenvalue weighted by Crippen LogP contribution is 2.17. The molecule has 3 aromatic rings. The molecule has 25 heavy (non-hydrogen) atoms. The van der Waals surface area contributed by atoms with Gasteiger partial charge >= 0.3 is 6.03 Å². The maximum absolute atomic E-state index is 12.3. The first-order valence-electron chi connectivity index (χ1n) is 8.14. The van der Waals surface area contributed by atoms with Crippen LogP contribution in [0.4, 0.5) is 4.79 Å². The van der Waals surface area contributed by atoms with E-state index in [1.165, 1.54) is 0 Å². The van der Waals surface area contributed by atoms with Crippen LogP contribution in [0.25, 0.3) is 11.0 Å². The van der Waals surface area contributed by atoms with Crippen LogP contribution in [0.2, 0.25) is 5.02 Å². The zero-order chi connectivity index (χ0) is 17.8. The van der Waals surface area contributed by atoms with Crippen LogP contribution < -0.4 is 5.32 Å². The lowest BCUT2D eigenvalue weighted by Crippen LogP contribution is -2.42. The number of aromatic nitrogens is 4. The first kappa shape index (κ1) is 17.3. The Balaban J connectivity index is 1.52. The minimum atomic E-state index is -0.133. The molecule has 0 bridgehead atoms. The molecular weight excluding hydrogens is 340 g/mol. The standard InChI is InChI=1S/C17H21ClN6O/c1-12(6-9-24-8-3-7-19-24)20-17(25)23(2)11-16-21-14-5-4-13(18)10-15(14)22-16/h3-5,7-8,10,12H,6,9,11H2,1-2H3,(H,20,25)(H,21,22)/t12-/m1/s1. The van der Waals surface area contributed by atoms with Crippen molar-refractivity contribution >= 4 is 28.7 Å². The van der Waals surface area contributed by atoms with Crippen molar-refractivity contribution in [1.29, 1.82) is 0 Å². The van der Waals surface area contributed by atoms with E-state index in [2.05, 4.69) is 20.4 Å². The second-order valence-corrected chi connectivity index (χ2v) is 6.55. The van der Waals surface area contributed by atoms with Crippen LogP contribution in [-0.4, -0.2) is 43.8 Å². The minimum absolute atomic E-state index is 0.0497. The number of carbonyl (C=O) groups excluding carboxylic acids is 1. The van der Waals surface area contributed by atoms with Gasteiger partial charge in [0.2, 0.25) is 0 Å². The quantitative estimate of drug-likeness (QED) is 0.709. The Kier molecular flexibility index (Phi) is 5.23. The fraction of sp³-hybridized carbons (Fsp3) is 0.353. The van der Waals surface area contributed by atoms with E-state index < -0.39 is 0 Å². The predicted octanol–water partition coefficient (Wildman–Crippen LogP) is 3.03. The van der Waals surface area contributed by atoms with E-state index in [0.717, 1.165) is 29.8 Å². The topological polar surface area (TPSA) is 78.8 Å². The molecule has 2 amide bonds. The van der Waals surface area contributed by atoms with Crippen molar-refractivity contribution in [3.05, 3.63) is 47.5 Å². The molecule has 0 aliphatic carbocycles. The van der Waals surface area contributed by atoms with E-state index in [-0.39, 0.29) is 12.1 Å². The van der Waals surface area contributed by atoms with Gasteiger partial charge in [-0.15, -0.1) is 0 Å². The highest BCUT2D eigenvalue weighted by atomic mass is 35.5. The molecule has 0 aliphatic heterocycles. The molecule has 1 aromatic carbocycles. The summed E-state index contributed by atoms with van der Waals surface area (Å²) in [6, 6.07) is 7.28. The number of nitrogens with one attached hydrogen (secondary N) is 2. The zero-order valence-corrected chi connectivity index (χ0v) is 15.0. The molecule has 7 nitrogen and oxygen atoms in total. The van der Waals surface area contributed by atoms with Crippen LogP contribution >= 0.6 is 11.6 Å². The number of aromatic amines is 1. The number of H-pyrrole nitrogens is 1. The molecule has 3 rings (SSSR count). The van der Waals surface area contributed by atoms with E-state index in [4.69, 9.17) is 11.6 Å². The summed E-state index contributed by atoms with van der Waals surface area (Å²) >= 11 is 5.98. The van der Waals surface area contributed by atoms with Crippen molar-refractivity contribution in [2.45, 2.75) is 32.5 Å². The predicted molar refractivity (Wildman–Crippen MR) is 97.4 cm³/mol. The van der Waals surface area contributed by atoms with Crippen LogP contribution in [-0.2, 0) is 13.1 Å². The summed E-state index contributed by atoms with van der Waals surface area (Å²) in [7, 11) is 1.75. The molecule has 2 aromatic heterocycles. The van der Waals surface area contributed by atoms with E-state index in [0.29, 0.717) is 11.6 Å². The molecule has 0 radical (unpaired) electrons. The van der Waals surface area contributed by atoms with Crippen molar-refractivity contribution in [2.75, 3.05) is 7.05 Å². The molecule has 0 saturated carbocycles. The van der Waals surface area contributed by atoms with Gasteiger partial charge in [0.25, 0.3) is 0 Å². The number of benzene rings is 1. The molecule has 132 valence electrons. The van der Waals surface area contributed by atoms with Crippen LogP contribution in [0, 0.1) is 0 Å². The third-order valence-electron chi connectivity index (χ3n) is 3.95. The minimum Gasteiger partial charge on any atom is -0.340 e. The number of aryl methyl sites for hydroxylation is 1. The number of carbonyl (C=O) groups is 1. The van der Waals surface area contributed by atoms with Gasteiger partial charge in [-0.3, -0.25) is 4.68 Å². The fourth-order valence-corrected chi connectivity index (χ4v) is 2.73. The maximum atomic E-state index is 12.3. The average molecular weight is 361 g/mol. The molecule has 2 N–H and O–H groups in total. The normalized spacial score (nSPS) is 12.3. The van der Waals surface area contributed by atoms with Gasteiger partial charge < -0.3 is 15.2 Å². The van der Waals surface area contributed by atoms with E-state index >= 15 is 0 Å². The summed E-state index contributed by atoms with van der Waals surface area (Å²) in [5, 5.41) is 7.80. The van der Waals surface area contributed by atoms with Crippen LogP contribution in [0.5, 0.6) is 0 Å². The van der Waals surface area contributed by atoms with Crippen molar-refractivity contribution in [1.82, 2.24) is 30.0 Å². The van der Waals surface area contributed by atoms with Gasteiger partial charge in [0.05, 0.1) is 17.6 Å². The first-order chi connectivity index (χ1) is 12.0. The van der Waals surface area contributed by atoms with Crippen molar-refractivity contribution in [3.63, 3.8) is 0 Å². The Bertz CT molecular complexity index is 844. The summed E-state index contributed by atoms with van der Waals surface area (Å²) in [4.78, 5) is 21.6. The van der Waals surface area contributed by atoms with Crippen molar-refractivity contribution in [3.8, 4) is 0 Å². The number of amides is 2. The number of nitrogens with zero attached hydrogens (tertiary/aromatic N) is 4. The highest BCUT2D eigenvalue weighted by Gasteiger charge is 2.14. The largest absolute Gasteiger partial charge is 0.340 e. The first-order valence-corrected chi connectivity index (χ1v) is 8.52. The smallest absolute Gasteiger partial charge is 0.317 e. The van der Waals surface area contributed by atoms with Gasteiger partial charge in [0, 0.05) is 37.1 Å². The summed E-state index contributed by atoms with van der Waals surface area (Å²) in [6.07, 6.45) is 4.47. The summed E-state index contributed by atoms with van der Waals surface area (Å²) in [5.41, 5.74) is 1.70. The summed E-state index contributed by atoms with van der Waals surface area (Å²) in [5.74, 6) is 0.721. The average Bonchev–Trinajstić information content (AvgIpc) is 3.21. The number of halogens is 1. The van der Waals surface area contributed by atoms with E-state index in [1.807, 2.05) is 36.0 Å². The molecule has 0 saturated heterocycles. The Labute approximate surface area is 151 Å². The Hall–Kier alpha value is -2.54. The van der Waals surface area contributed by atoms with Gasteiger partial charge in [-0.2, -0.15) is 5.10 Å². The van der Waals surface area contributed by atoms with Gasteiger partial charge in [-0.1, -0.05) is 11.6 Å². The molecule has 1 atom stereocenters. The second-order valence-electron chi connectivity index (χ2n) is 6.11. The van der Waals surface area contributed by atoms with E-state index in [1.54, 1.807) is 24.2 Å². The molecule has 0 fully saturated rings. The lowest BCUT2D eigenvalue weighted by molar-refractivity contribution is 0.201. The monoisotopic (exact) mass is 360 g/mol. The van der Waals surface area contributed by atoms with Gasteiger partial charge in [0.15, 0.2) is 0 Å². The van der Waals surface area contributed by atoms with Crippen molar-refractivity contribution in [2.24, 2.45) is 0 Å². The van der Waals surface area contributed by atoms with E-state index in [9.17, 15) is 4.79 Å². The zero-order valence-electron chi connectivity index (χ0n) is 14.2. The molecule has 0 aliphatic rings. The molecular formula is C17H21ClN6O.